The molecule has 1 heterocycles. The fourth-order valence-electron chi connectivity index (χ4n) is 5.69. The molecule has 0 aliphatic carbocycles. The molecule has 244 valence electrons. The van der Waals surface area contributed by atoms with Crippen LogP contribution in [0.15, 0.2) is 121 Å². The third-order valence-electron chi connectivity index (χ3n) is 8.09. The van der Waals surface area contributed by atoms with E-state index < -0.39 is 29.2 Å². The molecule has 0 spiro atoms. The number of carbonyl (C=O) groups excluding carboxylic acids is 3. The molecule has 4 aromatic rings. The van der Waals surface area contributed by atoms with Gasteiger partial charge in [0.2, 0.25) is 5.91 Å². The first-order valence-electron chi connectivity index (χ1n) is 15.9. The Balaban J connectivity index is 1.36. The van der Waals surface area contributed by atoms with Gasteiger partial charge in [0.15, 0.2) is 0 Å². The Morgan fingerprint density at radius 3 is 1.74 bits per heavy atom. The number of carbonyl (C=O) groups is 3. The largest absolute Gasteiger partial charge is 0.465 e. The number of alkyl carbamates (subject to hydrolysis) is 1. The van der Waals surface area contributed by atoms with E-state index in [4.69, 9.17) is 14.2 Å². The van der Waals surface area contributed by atoms with Gasteiger partial charge in [-0.25, -0.2) is 4.79 Å². The summed E-state index contributed by atoms with van der Waals surface area (Å²) in [4.78, 5) is 40.1. The first-order valence-corrected chi connectivity index (χ1v) is 15.9. The molecule has 0 unspecified atom stereocenters. The molecular formula is C38H41N3O6. The summed E-state index contributed by atoms with van der Waals surface area (Å²) in [6, 6.07) is 37.7. The third-order valence-corrected chi connectivity index (χ3v) is 8.09. The van der Waals surface area contributed by atoms with Gasteiger partial charge in [0.1, 0.15) is 18.2 Å². The highest BCUT2D eigenvalue weighted by atomic mass is 16.5. The van der Waals surface area contributed by atoms with E-state index in [1.54, 1.807) is 0 Å². The Kier molecular flexibility index (Phi) is 11.4. The highest BCUT2D eigenvalue weighted by Gasteiger charge is 2.44. The maximum Gasteiger partial charge on any atom is 0.407 e. The summed E-state index contributed by atoms with van der Waals surface area (Å²) >= 11 is 0. The van der Waals surface area contributed by atoms with Gasteiger partial charge in [0.05, 0.1) is 31.8 Å². The van der Waals surface area contributed by atoms with E-state index in [0.29, 0.717) is 6.42 Å². The van der Waals surface area contributed by atoms with E-state index in [-0.39, 0.29) is 45.3 Å². The number of ether oxygens (including phenoxy) is 3. The molecule has 0 bridgehead atoms. The Bertz CT molecular complexity index is 1480. The fraction of sp³-hybridized carbons (Fsp3) is 0.289. The lowest BCUT2D eigenvalue weighted by atomic mass is 9.77. The molecule has 9 nitrogen and oxygen atoms in total. The average molecular weight is 636 g/mol. The first-order chi connectivity index (χ1) is 22.9. The van der Waals surface area contributed by atoms with Crippen LogP contribution >= 0.6 is 0 Å². The zero-order valence-electron chi connectivity index (χ0n) is 26.5. The van der Waals surface area contributed by atoms with Crippen LogP contribution in [0.4, 0.5) is 4.79 Å². The van der Waals surface area contributed by atoms with Crippen molar-refractivity contribution < 1.29 is 28.6 Å². The van der Waals surface area contributed by atoms with Crippen LogP contribution in [0.5, 0.6) is 0 Å². The SMILES string of the molecule is CCCOC(=O)[C@H](CC(=O)NC(c1ccccc1)(c1ccccc1)c1ccccc1)NC1(CNC(=O)OCc2ccccc2)COC1. The lowest BCUT2D eigenvalue weighted by Gasteiger charge is -2.44. The van der Waals surface area contributed by atoms with E-state index in [1.165, 1.54) is 0 Å². The van der Waals surface area contributed by atoms with Crippen molar-refractivity contribution in [3.05, 3.63) is 144 Å². The van der Waals surface area contributed by atoms with Gasteiger partial charge in [-0.05, 0) is 28.7 Å². The topological polar surface area (TPSA) is 115 Å². The van der Waals surface area contributed by atoms with Crippen molar-refractivity contribution >= 4 is 18.0 Å². The first kappa shape index (κ1) is 33.4. The summed E-state index contributed by atoms with van der Waals surface area (Å²) < 4.78 is 16.4. The number of hydrogen-bond acceptors (Lipinski definition) is 7. The number of esters is 1. The van der Waals surface area contributed by atoms with Crippen LogP contribution < -0.4 is 16.0 Å². The van der Waals surface area contributed by atoms with Crippen LogP contribution in [0.1, 0.15) is 42.0 Å². The molecule has 1 saturated heterocycles. The van der Waals surface area contributed by atoms with Crippen molar-refractivity contribution in [2.24, 2.45) is 0 Å². The lowest BCUT2D eigenvalue weighted by Crippen LogP contribution is -2.69. The minimum Gasteiger partial charge on any atom is -0.465 e. The molecule has 1 aliphatic rings. The van der Waals surface area contributed by atoms with Crippen LogP contribution in [-0.2, 0) is 35.9 Å². The van der Waals surface area contributed by atoms with Crippen molar-refractivity contribution in [3.63, 3.8) is 0 Å². The van der Waals surface area contributed by atoms with Gasteiger partial charge >= 0.3 is 12.1 Å². The van der Waals surface area contributed by atoms with Gasteiger partial charge < -0.3 is 24.8 Å². The van der Waals surface area contributed by atoms with Crippen LogP contribution in [-0.4, -0.2) is 55.9 Å². The predicted molar refractivity (Wildman–Crippen MR) is 178 cm³/mol. The van der Waals surface area contributed by atoms with Crippen molar-refractivity contribution in [1.82, 2.24) is 16.0 Å². The lowest BCUT2D eigenvalue weighted by molar-refractivity contribution is -0.151. The molecule has 0 radical (unpaired) electrons. The van der Waals surface area contributed by atoms with Gasteiger partial charge in [0, 0.05) is 6.54 Å². The Morgan fingerprint density at radius 2 is 1.28 bits per heavy atom. The molecule has 2 amide bonds. The third kappa shape index (κ3) is 8.44. The highest BCUT2D eigenvalue weighted by molar-refractivity contribution is 5.86. The molecule has 47 heavy (non-hydrogen) atoms. The Labute approximate surface area is 275 Å². The summed E-state index contributed by atoms with van der Waals surface area (Å²) in [5.41, 5.74) is 1.63. The van der Waals surface area contributed by atoms with Crippen molar-refractivity contribution in [3.8, 4) is 0 Å². The van der Waals surface area contributed by atoms with Crippen LogP contribution in [0, 0.1) is 0 Å². The maximum absolute atomic E-state index is 14.2. The molecule has 1 aliphatic heterocycles. The van der Waals surface area contributed by atoms with E-state index >= 15 is 0 Å². The van der Waals surface area contributed by atoms with E-state index in [0.717, 1.165) is 22.3 Å². The quantitative estimate of drug-likeness (QED) is 0.123. The standard InChI is InChI=1S/C38H41N3O6/c1-2-23-46-35(43)33(40-37(27-45-28-37)26-39-36(44)47-25-29-15-7-3-8-16-29)24-34(42)41-38(30-17-9-4-10-18-30,31-19-11-5-12-20-31)32-21-13-6-14-22-32/h3-22,33,40H,2,23-28H2,1H3,(H,39,44)(H,41,42)/t33-/m0/s1. The smallest absolute Gasteiger partial charge is 0.407 e. The minimum atomic E-state index is -1.04. The van der Waals surface area contributed by atoms with Gasteiger partial charge in [-0.3, -0.25) is 14.9 Å². The normalized spacial score (nSPS) is 14.2. The van der Waals surface area contributed by atoms with Crippen LogP contribution in [0.25, 0.3) is 0 Å². The summed E-state index contributed by atoms with van der Waals surface area (Å²) in [5, 5.41) is 9.41. The molecule has 4 aromatic carbocycles. The molecule has 5 rings (SSSR count). The Hall–Kier alpha value is -4.99. The number of benzene rings is 4. The number of nitrogens with one attached hydrogen (secondary N) is 3. The number of hydrogen-bond donors (Lipinski definition) is 3. The second-order valence-electron chi connectivity index (χ2n) is 11.7. The van der Waals surface area contributed by atoms with Crippen molar-refractivity contribution in [1.29, 1.82) is 0 Å². The van der Waals surface area contributed by atoms with Gasteiger partial charge in [-0.15, -0.1) is 0 Å². The Morgan fingerprint density at radius 1 is 0.766 bits per heavy atom. The predicted octanol–water partition coefficient (Wildman–Crippen LogP) is 5.09. The molecule has 9 heteroatoms. The molecule has 1 fully saturated rings. The monoisotopic (exact) mass is 635 g/mol. The fourth-order valence-corrected chi connectivity index (χ4v) is 5.69. The van der Waals surface area contributed by atoms with Gasteiger partial charge in [0.25, 0.3) is 0 Å². The molecule has 0 saturated carbocycles. The number of rotatable bonds is 15. The average Bonchev–Trinajstić information content (AvgIpc) is 3.10. The second kappa shape index (κ2) is 16.0. The summed E-state index contributed by atoms with van der Waals surface area (Å²) in [7, 11) is 0. The van der Waals surface area contributed by atoms with Crippen LogP contribution in [0.3, 0.4) is 0 Å². The van der Waals surface area contributed by atoms with E-state index in [1.807, 2.05) is 128 Å². The van der Waals surface area contributed by atoms with Gasteiger partial charge in [-0.2, -0.15) is 0 Å². The van der Waals surface area contributed by atoms with Crippen molar-refractivity contribution in [2.75, 3.05) is 26.4 Å². The maximum atomic E-state index is 14.2. The molecule has 3 N–H and O–H groups in total. The zero-order valence-corrected chi connectivity index (χ0v) is 26.5. The zero-order chi connectivity index (χ0) is 33.0. The van der Waals surface area contributed by atoms with Crippen molar-refractivity contribution in [2.45, 2.75) is 43.5 Å². The van der Waals surface area contributed by atoms with E-state index in [9.17, 15) is 14.4 Å². The number of amides is 2. The summed E-state index contributed by atoms with van der Waals surface area (Å²) in [6.45, 7) is 2.83. The highest BCUT2D eigenvalue weighted by Crippen LogP contribution is 2.37. The van der Waals surface area contributed by atoms with Gasteiger partial charge in [-0.1, -0.05) is 128 Å². The minimum absolute atomic E-state index is 0.127. The molecule has 1 atom stereocenters. The van der Waals surface area contributed by atoms with E-state index in [2.05, 4.69) is 16.0 Å². The van der Waals surface area contributed by atoms with Crippen LogP contribution in [0.2, 0.25) is 0 Å². The summed E-state index contributed by atoms with van der Waals surface area (Å²) in [5.74, 6) is -0.914. The molecular weight excluding hydrogens is 594 g/mol. The molecule has 0 aromatic heterocycles. The summed E-state index contributed by atoms with van der Waals surface area (Å²) in [6.07, 6.45) is -0.174. The second-order valence-corrected chi connectivity index (χ2v) is 11.7.